The maximum atomic E-state index is 13.0. The zero-order chi connectivity index (χ0) is 11.5. The van der Waals surface area contributed by atoms with Gasteiger partial charge >= 0.3 is 9.46 Å². The lowest BCUT2D eigenvalue weighted by molar-refractivity contribution is 0.604. The summed E-state index contributed by atoms with van der Waals surface area (Å²) >= 11 is 0. The van der Waals surface area contributed by atoms with E-state index >= 15 is 0 Å². The average molecular weight is 235 g/mol. The molecular formula is C13H13F2Si. The lowest BCUT2D eigenvalue weighted by Crippen LogP contribution is -2.13. The summed E-state index contributed by atoms with van der Waals surface area (Å²) in [7, 11) is -3.27. The Kier molecular flexibility index (Phi) is 3.34. The molecule has 0 fully saturated rings. The first-order valence-electron chi connectivity index (χ1n) is 5.39. The molecule has 16 heavy (non-hydrogen) atoms. The normalized spacial score (nSPS) is 13.2. The molecule has 2 aromatic carbocycles. The molecule has 0 saturated carbocycles. The van der Waals surface area contributed by atoms with Crippen LogP contribution in [-0.2, 0) is 0 Å². The number of halogens is 2. The third-order valence-corrected chi connectivity index (χ3v) is 4.12. The van der Waals surface area contributed by atoms with Crippen LogP contribution in [0.2, 0.25) is 0 Å². The minimum absolute atomic E-state index is 0.509. The predicted molar refractivity (Wildman–Crippen MR) is 65.0 cm³/mol. The van der Waals surface area contributed by atoms with Crippen LogP contribution in [0.3, 0.4) is 0 Å². The standard InChI is InChI=1S/C13H13F2Si/c1-2-13(16(14)15)12-9-5-7-10-6-3-4-8-11(10)12/h3-9,13H,2H2,1H3. The van der Waals surface area contributed by atoms with Crippen LogP contribution in [0.4, 0.5) is 8.22 Å². The van der Waals surface area contributed by atoms with Gasteiger partial charge in [-0.05, 0) is 22.8 Å². The van der Waals surface area contributed by atoms with Crippen LogP contribution >= 0.6 is 0 Å². The Balaban J connectivity index is 2.59. The molecule has 0 spiro atoms. The second-order valence-electron chi connectivity index (χ2n) is 3.82. The van der Waals surface area contributed by atoms with Crippen molar-refractivity contribution in [3.63, 3.8) is 0 Å². The summed E-state index contributed by atoms with van der Waals surface area (Å²) in [6.07, 6.45) is 0.509. The van der Waals surface area contributed by atoms with E-state index < -0.39 is 15.0 Å². The van der Waals surface area contributed by atoms with E-state index in [1.807, 2.05) is 49.4 Å². The van der Waals surface area contributed by atoms with E-state index in [1.54, 1.807) is 0 Å². The van der Waals surface area contributed by atoms with Gasteiger partial charge in [-0.2, -0.15) is 0 Å². The first kappa shape index (κ1) is 11.3. The summed E-state index contributed by atoms with van der Waals surface area (Å²) in [6.45, 7) is 1.83. The van der Waals surface area contributed by atoms with Crippen molar-refractivity contribution in [3.05, 3.63) is 48.0 Å². The van der Waals surface area contributed by atoms with E-state index in [4.69, 9.17) is 0 Å². The molecule has 2 rings (SSSR count). The Morgan fingerprint density at radius 2 is 1.75 bits per heavy atom. The van der Waals surface area contributed by atoms with Crippen LogP contribution < -0.4 is 0 Å². The van der Waals surface area contributed by atoms with Crippen molar-refractivity contribution in [2.24, 2.45) is 0 Å². The lowest BCUT2D eigenvalue weighted by Gasteiger charge is -2.14. The number of benzene rings is 2. The molecule has 0 N–H and O–H groups in total. The summed E-state index contributed by atoms with van der Waals surface area (Å²) < 4.78 is 26.0. The zero-order valence-corrected chi connectivity index (χ0v) is 10.1. The lowest BCUT2D eigenvalue weighted by atomic mass is 10.0. The van der Waals surface area contributed by atoms with Crippen molar-refractivity contribution < 1.29 is 8.22 Å². The van der Waals surface area contributed by atoms with Crippen molar-refractivity contribution >= 4 is 20.2 Å². The second-order valence-corrected chi connectivity index (χ2v) is 5.10. The molecular weight excluding hydrogens is 222 g/mol. The number of hydrogen-bond donors (Lipinski definition) is 0. The third kappa shape index (κ3) is 2.00. The maximum Gasteiger partial charge on any atom is 0.484 e. The van der Waals surface area contributed by atoms with Crippen LogP contribution in [0.25, 0.3) is 10.8 Å². The molecule has 83 valence electrons. The van der Waals surface area contributed by atoms with Gasteiger partial charge in [0.25, 0.3) is 0 Å². The van der Waals surface area contributed by atoms with Gasteiger partial charge in [0.05, 0.1) is 0 Å². The fourth-order valence-corrected chi connectivity index (χ4v) is 2.84. The SMILES string of the molecule is CCC(c1cccc2ccccc12)[Si](F)F. The van der Waals surface area contributed by atoms with E-state index in [9.17, 15) is 8.22 Å². The highest BCUT2D eigenvalue weighted by molar-refractivity contribution is 6.45. The summed E-state index contributed by atoms with van der Waals surface area (Å²) in [5.74, 6) is 0. The Bertz CT molecular complexity index is 477. The van der Waals surface area contributed by atoms with E-state index in [2.05, 4.69) is 0 Å². The highest BCUT2D eigenvalue weighted by Gasteiger charge is 2.27. The van der Waals surface area contributed by atoms with Crippen molar-refractivity contribution in [1.29, 1.82) is 0 Å². The number of fused-ring (bicyclic) bond motifs is 1. The summed E-state index contributed by atoms with van der Waals surface area (Å²) in [5.41, 5.74) is 0.246. The van der Waals surface area contributed by atoms with Crippen molar-refractivity contribution in [3.8, 4) is 0 Å². The van der Waals surface area contributed by atoms with Gasteiger partial charge < -0.3 is 0 Å². The minimum Gasteiger partial charge on any atom is -0.267 e. The molecule has 0 bridgehead atoms. The van der Waals surface area contributed by atoms with E-state index in [-0.39, 0.29) is 0 Å². The van der Waals surface area contributed by atoms with Gasteiger partial charge in [0.15, 0.2) is 0 Å². The van der Waals surface area contributed by atoms with Crippen molar-refractivity contribution in [2.75, 3.05) is 0 Å². The van der Waals surface area contributed by atoms with Gasteiger partial charge in [0.1, 0.15) is 0 Å². The topological polar surface area (TPSA) is 0 Å². The molecule has 0 aliphatic rings. The molecule has 2 aromatic rings. The van der Waals surface area contributed by atoms with E-state index in [0.717, 1.165) is 16.3 Å². The van der Waals surface area contributed by atoms with E-state index in [1.165, 1.54) is 0 Å². The quantitative estimate of drug-likeness (QED) is 0.549. The molecule has 0 aliphatic heterocycles. The fraction of sp³-hybridized carbons (Fsp3) is 0.231. The van der Waals surface area contributed by atoms with Crippen LogP contribution in [0.1, 0.15) is 24.4 Å². The predicted octanol–water partition coefficient (Wildman–Crippen LogP) is 4.30. The summed E-state index contributed by atoms with van der Waals surface area (Å²) in [5, 5.41) is 2.01. The van der Waals surface area contributed by atoms with Crippen LogP contribution in [0, 0.1) is 0 Å². The Morgan fingerprint density at radius 3 is 2.44 bits per heavy atom. The summed E-state index contributed by atoms with van der Waals surface area (Å²) in [6, 6.07) is 13.4. The van der Waals surface area contributed by atoms with Crippen molar-refractivity contribution in [1.82, 2.24) is 0 Å². The molecule has 1 unspecified atom stereocenters. The van der Waals surface area contributed by atoms with E-state index in [0.29, 0.717) is 6.42 Å². The van der Waals surface area contributed by atoms with Gasteiger partial charge in [0, 0.05) is 5.54 Å². The third-order valence-electron chi connectivity index (χ3n) is 2.87. The van der Waals surface area contributed by atoms with Gasteiger partial charge in [0.2, 0.25) is 0 Å². The highest BCUT2D eigenvalue weighted by Crippen LogP contribution is 2.30. The van der Waals surface area contributed by atoms with Crippen LogP contribution in [0.5, 0.6) is 0 Å². The van der Waals surface area contributed by atoms with Crippen LogP contribution in [-0.4, -0.2) is 9.46 Å². The molecule has 0 saturated heterocycles. The number of rotatable bonds is 3. The first-order valence-corrected chi connectivity index (χ1v) is 6.73. The molecule has 0 aromatic heterocycles. The molecule has 1 atom stereocenters. The molecule has 0 amide bonds. The zero-order valence-electron chi connectivity index (χ0n) is 9.08. The van der Waals surface area contributed by atoms with Gasteiger partial charge in [-0.1, -0.05) is 49.4 Å². The molecule has 0 nitrogen and oxygen atoms in total. The van der Waals surface area contributed by atoms with Crippen LogP contribution in [0.15, 0.2) is 42.5 Å². The Morgan fingerprint density at radius 1 is 1.06 bits per heavy atom. The van der Waals surface area contributed by atoms with Crippen molar-refractivity contribution in [2.45, 2.75) is 18.9 Å². The summed E-state index contributed by atoms with van der Waals surface area (Å²) in [4.78, 5) is 0. The second kappa shape index (κ2) is 4.74. The molecule has 0 heterocycles. The number of hydrogen-bond acceptors (Lipinski definition) is 0. The average Bonchev–Trinajstić information content (AvgIpc) is 2.30. The first-order chi connectivity index (χ1) is 7.74. The largest absolute Gasteiger partial charge is 0.484 e. The Labute approximate surface area is 95.9 Å². The Hall–Kier alpha value is -1.22. The van der Waals surface area contributed by atoms with Gasteiger partial charge in [-0.25, -0.2) is 0 Å². The minimum atomic E-state index is -3.27. The molecule has 3 heteroatoms. The molecule has 0 aliphatic carbocycles. The van der Waals surface area contributed by atoms with Gasteiger partial charge in [-0.3, -0.25) is 8.22 Å². The fourth-order valence-electron chi connectivity index (χ4n) is 2.05. The smallest absolute Gasteiger partial charge is 0.267 e. The van der Waals surface area contributed by atoms with Gasteiger partial charge in [-0.15, -0.1) is 0 Å². The highest BCUT2D eigenvalue weighted by atomic mass is 28.4. The monoisotopic (exact) mass is 235 g/mol. The molecule has 1 radical (unpaired) electrons. The maximum absolute atomic E-state index is 13.0.